The van der Waals surface area contributed by atoms with Gasteiger partial charge in [-0.3, -0.25) is 9.59 Å². The van der Waals surface area contributed by atoms with Gasteiger partial charge in [-0.2, -0.15) is 0 Å². The molecule has 0 fully saturated rings. The molecule has 0 bridgehead atoms. The fourth-order valence-electron chi connectivity index (χ4n) is 2.89. The van der Waals surface area contributed by atoms with Crippen LogP contribution in [0.15, 0.2) is 47.1 Å². The summed E-state index contributed by atoms with van der Waals surface area (Å²) in [7, 11) is 0. The summed E-state index contributed by atoms with van der Waals surface area (Å²) in [4.78, 5) is 26.9. The SMILES string of the molecule is CC(C)NC(=O)[C@H]1Cc2ccccc2CN1C(=O)c1ccco1. The van der Waals surface area contributed by atoms with Gasteiger partial charge in [0.05, 0.1) is 6.26 Å². The summed E-state index contributed by atoms with van der Waals surface area (Å²) in [6.45, 7) is 4.23. The van der Waals surface area contributed by atoms with Crippen molar-refractivity contribution in [3.63, 3.8) is 0 Å². The van der Waals surface area contributed by atoms with Crippen LogP contribution in [0, 0.1) is 0 Å². The van der Waals surface area contributed by atoms with E-state index in [1.807, 2.05) is 38.1 Å². The van der Waals surface area contributed by atoms with Crippen LogP contribution in [0.3, 0.4) is 0 Å². The molecule has 2 heterocycles. The quantitative estimate of drug-likeness (QED) is 0.946. The summed E-state index contributed by atoms with van der Waals surface area (Å²) in [5.74, 6) is -0.130. The van der Waals surface area contributed by atoms with Gasteiger partial charge in [-0.1, -0.05) is 24.3 Å². The molecule has 5 heteroatoms. The monoisotopic (exact) mass is 312 g/mol. The van der Waals surface area contributed by atoms with Crippen LogP contribution >= 0.6 is 0 Å². The average Bonchev–Trinajstić information content (AvgIpc) is 3.06. The molecule has 120 valence electrons. The number of nitrogens with one attached hydrogen (secondary N) is 1. The van der Waals surface area contributed by atoms with Crippen LogP contribution in [0.25, 0.3) is 0 Å². The molecule has 1 aromatic carbocycles. The Morgan fingerprint density at radius 2 is 1.91 bits per heavy atom. The minimum atomic E-state index is -0.523. The van der Waals surface area contributed by atoms with Crippen molar-refractivity contribution in [1.29, 1.82) is 0 Å². The number of carbonyl (C=O) groups is 2. The minimum absolute atomic E-state index is 0.0280. The standard InChI is InChI=1S/C18H20N2O3/c1-12(2)19-17(21)15-10-13-6-3-4-7-14(13)11-20(15)18(22)16-8-5-9-23-16/h3-9,12,15H,10-11H2,1-2H3,(H,19,21)/t15-/m1/s1. The van der Waals surface area contributed by atoms with E-state index in [0.29, 0.717) is 13.0 Å². The number of nitrogens with zero attached hydrogens (tertiary/aromatic N) is 1. The Hall–Kier alpha value is -2.56. The number of amides is 2. The number of benzene rings is 1. The molecule has 1 atom stereocenters. The van der Waals surface area contributed by atoms with Gasteiger partial charge in [0.25, 0.3) is 5.91 Å². The minimum Gasteiger partial charge on any atom is -0.459 e. The zero-order valence-corrected chi connectivity index (χ0v) is 13.3. The van der Waals surface area contributed by atoms with Crippen molar-refractivity contribution in [3.05, 3.63) is 59.5 Å². The van der Waals surface area contributed by atoms with Gasteiger partial charge in [0.15, 0.2) is 5.76 Å². The van der Waals surface area contributed by atoms with Crippen LogP contribution in [0.2, 0.25) is 0 Å². The van der Waals surface area contributed by atoms with E-state index in [9.17, 15) is 9.59 Å². The van der Waals surface area contributed by atoms with Gasteiger partial charge in [0, 0.05) is 19.0 Å². The van der Waals surface area contributed by atoms with Crippen molar-refractivity contribution < 1.29 is 14.0 Å². The van der Waals surface area contributed by atoms with Crippen molar-refractivity contribution in [1.82, 2.24) is 10.2 Å². The topological polar surface area (TPSA) is 62.6 Å². The summed E-state index contributed by atoms with van der Waals surface area (Å²) in [5, 5.41) is 2.91. The fourth-order valence-corrected chi connectivity index (χ4v) is 2.89. The summed E-state index contributed by atoms with van der Waals surface area (Å²) >= 11 is 0. The third-order valence-electron chi connectivity index (χ3n) is 3.97. The Kier molecular flexibility index (Phi) is 4.19. The molecule has 0 unspecified atom stereocenters. The highest BCUT2D eigenvalue weighted by Gasteiger charge is 2.35. The summed E-state index contributed by atoms with van der Waals surface area (Å²) < 4.78 is 5.22. The van der Waals surface area contributed by atoms with E-state index in [0.717, 1.165) is 11.1 Å². The average molecular weight is 312 g/mol. The number of fused-ring (bicyclic) bond motifs is 1. The molecule has 1 aromatic heterocycles. The second-order valence-corrected chi connectivity index (χ2v) is 6.06. The maximum Gasteiger partial charge on any atom is 0.290 e. The Morgan fingerprint density at radius 1 is 1.17 bits per heavy atom. The van der Waals surface area contributed by atoms with Crippen molar-refractivity contribution in [2.45, 2.75) is 38.9 Å². The summed E-state index contributed by atoms with van der Waals surface area (Å²) in [6.07, 6.45) is 1.98. The van der Waals surface area contributed by atoms with E-state index >= 15 is 0 Å². The predicted molar refractivity (Wildman–Crippen MR) is 85.8 cm³/mol. The van der Waals surface area contributed by atoms with Gasteiger partial charge in [-0.25, -0.2) is 0 Å². The molecule has 2 amide bonds. The number of rotatable bonds is 3. The summed E-state index contributed by atoms with van der Waals surface area (Å²) in [6, 6.07) is 10.7. The lowest BCUT2D eigenvalue weighted by Gasteiger charge is -2.35. The van der Waals surface area contributed by atoms with Crippen LogP contribution in [-0.2, 0) is 17.8 Å². The molecule has 2 aromatic rings. The van der Waals surface area contributed by atoms with Crippen LogP contribution < -0.4 is 5.32 Å². The van der Waals surface area contributed by atoms with Gasteiger partial charge in [-0.15, -0.1) is 0 Å². The molecule has 1 N–H and O–H groups in total. The highest BCUT2D eigenvalue weighted by Crippen LogP contribution is 2.25. The molecule has 0 spiro atoms. The first-order chi connectivity index (χ1) is 11.1. The van der Waals surface area contributed by atoms with Crippen LogP contribution in [0.1, 0.15) is 35.5 Å². The van der Waals surface area contributed by atoms with Gasteiger partial charge >= 0.3 is 0 Å². The third kappa shape index (κ3) is 3.13. The van der Waals surface area contributed by atoms with Gasteiger partial charge in [0.1, 0.15) is 6.04 Å². The molecule has 0 aliphatic carbocycles. The number of furan rings is 1. The lowest BCUT2D eigenvalue weighted by molar-refractivity contribution is -0.126. The van der Waals surface area contributed by atoms with Crippen LogP contribution in [-0.4, -0.2) is 28.8 Å². The molecular formula is C18H20N2O3. The number of hydrogen-bond acceptors (Lipinski definition) is 3. The Bertz CT molecular complexity index is 707. The molecule has 1 aliphatic rings. The highest BCUT2D eigenvalue weighted by atomic mass is 16.3. The first-order valence-electron chi connectivity index (χ1n) is 7.78. The lowest BCUT2D eigenvalue weighted by Crippen LogP contribution is -2.53. The maximum absolute atomic E-state index is 12.7. The fraction of sp³-hybridized carbons (Fsp3) is 0.333. The molecule has 23 heavy (non-hydrogen) atoms. The second-order valence-electron chi connectivity index (χ2n) is 6.06. The van der Waals surface area contributed by atoms with E-state index in [2.05, 4.69) is 5.32 Å². The first-order valence-corrected chi connectivity index (χ1v) is 7.78. The molecule has 0 saturated heterocycles. The summed E-state index contributed by atoms with van der Waals surface area (Å²) in [5.41, 5.74) is 2.18. The van der Waals surface area contributed by atoms with Crippen LogP contribution in [0.5, 0.6) is 0 Å². The van der Waals surface area contributed by atoms with E-state index in [-0.39, 0.29) is 23.6 Å². The zero-order valence-electron chi connectivity index (χ0n) is 13.3. The molecular weight excluding hydrogens is 292 g/mol. The van der Waals surface area contributed by atoms with Crippen molar-refractivity contribution in [2.24, 2.45) is 0 Å². The predicted octanol–water partition coefficient (Wildman–Crippen LogP) is 2.37. The second kappa shape index (κ2) is 6.28. The lowest BCUT2D eigenvalue weighted by atomic mass is 9.93. The van der Waals surface area contributed by atoms with Gasteiger partial charge < -0.3 is 14.6 Å². The van der Waals surface area contributed by atoms with Crippen molar-refractivity contribution in [2.75, 3.05) is 0 Å². The molecule has 0 radical (unpaired) electrons. The number of carbonyl (C=O) groups excluding carboxylic acids is 2. The normalized spacial score (nSPS) is 17.0. The van der Waals surface area contributed by atoms with Crippen molar-refractivity contribution in [3.8, 4) is 0 Å². The molecule has 5 nitrogen and oxygen atoms in total. The smallest absolute Gasteiger partial charge is 0.290 e. The van der Waals surface area contributed by atoms with Crippen LogP contribution in [0.4, 0.5) is 0 Å². The molecule has 0 saturated carbocycles. The van der Waals surface area contributed by atoms with E-state index in [4.69, 9.17) is 4.42 Å². The van der Waals surface area contributed by atoms with E-state index in [1.54, 1.807) is 17.0 Å². The zero-order chi connectivity index (χ0) is 16.4. The number of hydrogen-bond donors (Lipinski definition) is 1. The third-order valence-corrected chi connectivity index (χ3v) is 3.97. The molecule has 3 rings (SSSR count). The Labute approximate surface area is 135 Å². The van der Waals surface area contributed by atoms with Gasteiger partial charge in [0.2, 0.25) is 5.91 Å². The Balaban J connectivity index is 1.93. The van der Waals surface area contributed by atoms with E-state index in [1.165, 1.54) is 6.26 Å². The first kappa shape index (κ1) is 15.3. The Morgan fingerprint density at radius 3 is 2.57 bits per heavy atom. The van der Waals surface area contributed by atoms with Crippen molar-refractivity contribution >= 4 is 11.8 Å². The largest absolute Gasteiger partial charge is 0.459 e. The molecule has 1 aliphatic heterocycles. The highest BCUT2D eigenvalue weighted by molar-refractivity contribution is 5.96. The van der Waals surface area contributed by atoms with E-state index < -0.39 is 6.04 Å². The van der Waals surface area contributed by atoms with Gasteiger partial charge in [-0.05, 0) is 37.1 Å². The maximum atomic E-state index is 12.7.